The van der Waals surface area contributed by atoms with Gasteiger partial charge < -0.3 is 14.0 Å². The molecule has 2 aromatic carbocycles. The van der Waals surface area contributed by atoms with E-state index in [0.717, 1.165) is 6.26 Å². The first-order valence-corrected chi connectivity index (χ1v) is 12.5. The summed E-state index contributed by atoms with van der Waals surface area (Å²) in [4.78, 5) is 16.6. The lowest BCUT2D eigenvalue weighted by molar-refractivity contribution is 0.0977. The molecule has 0 aliphatic rings. The zero-order valence-electron chi connectivity index (χ0n) is 17.7. The van der Waals surface area contributed by atoms with Crippen LogP contribution < -0.4 is 14.2 Å². The third-order valence-electron chi connectivity index (χ3n) is 4.52. The normalized spacial score (nSPS) is 11.8. The molecule has 1 N–H and O–H groups in total. The topological polar surface area (TPSA) is 134 Å². The van der Waals surface area contributed by atoms with Gasteiger partial charge in [0, 0.05) is 31.1 Å². The fourth-order valence-electron chi connectivity index (χ4n) is 3.02. The van der Waals surface area contributed by atoms with Gasteiger partial charge in [0.2, 0.25) is 0 Å². The predicted molar refractivity (Wildman–Crippen MR) is 116 cm³/mol. The number of nitrogens with one attached hydrogen (secondary N) is 1. The number of benzene rings is 2. The zero-order chi connectivity index (χ0) is 23.7. The second-order valence-electron chi connectivity index (χ2n) is 6.78. The molecule has 0 fully saturated rings. The maximum absolute atomic E-state index is 12.8. The van der Waals surface area contributed by atoms with Gasteiger partial charge in [-0.3, -0.25) is 4.79 Å². The molecule has 0 spiro atoms. The molecular formula is C20H21N3O7S2. The van der Waals surface area contributed by atoms with Crippen molar-refractivity contribution in [2.45, 2.75) is 9.79 Å². The zero-order valence-corrected chi connectivity index (χ0v) is 19.3. The summed E-state index contributed by atoms with van der Waals surface area (Å²) in [5, 5.41) is 0. The van der Waals surface area contributed by atoms with Crippen molar-refractivity contribution in [3.63, 3.8) is 0 Å². The molecule has 1 heterocycles. The first kappa shape index (κ1) is 23.3. The summed E-state index contributed by atoms with van der Waals surface area (Å²) < 4.78 is 63.4. The third-order valence-corrected chi connectivity index (χ3v) is 7.03. The Labute approximate surface area is 185 Å². The van der Waals surface area contributed by atoms with Crippen molar-refractivity contribution in [3.8, 4) is 22.9 Å². The van der Waals surface area contributed by atoms with E-state index in [1.165, 1.54) is 49.2 Å². The van der Waals surface area contributed by atoms with E-state index in [1.54, 1.807) is 25.2 Å². The standard InChI is InChI=1S/C20H21N3O7S2/c1-23-12-15(21-19(23)14-7-5-6-8-17(14)31(4,25)26)20(24)22-32(27,28)18-11-13(29-2)9-10-16(18)30-3/h5-12H,1-4H3,(H,22,24). The van der Waals surface area contributed by atoms with Gasteiger partial charge in [0.15, 0.2) is 9.84 Å². The van der Waals surface area contributed by atoms with Crippen LogP contribution in [0.2, 0.25) is 0 Å². The van der Waals surface area contributed by atoms with Crippen LogP contribution in [0.5, 0.6) is 11.5 Å². The van der Waals surface area contributed by atoms with Gasteiger partial charge in [0.05, 0.1) is 19.1 Å². The summed E-state index contributed by atoms with van der Waals surface area (Å²) in [7, 11) is -3.66. The van der Waals surface area contributed by atoms with Crippen LogP contribution >= 0.6 is 0 Å². The maximum Gasteiger partial charge on any atom is 0.285 e. The van der Waals surface area contributed by atoms with Gasteiger partial charge in [0.25, 0.3) is 15.9 Å². The van der Waals surface area contributed by atoms with Gasteiger partial charge in [0.1, 0.15) is 27.9 Å². The van der Waals surface area contributed by atoms with Gasteiger partial charge in [-0.05, 0) is 24.3 Å². The summed E-state index contributed by atoms with van der Waals surface area (Å²) in [6.45, 7) is 0. The van der Waals surface area contributed by atoms with Gasteiger partial charge in [-0.15, -0.1) is 0 Å². The molecule has 0 aliphatic heterocycles. The van der Waals surface area contributed by atoms with Crippen molar-refractivity contribution in [3.05, 3.63) is 54.4 Å². The Kier molecular flexibility index (Phi) is 6.28. The molecule has 12 heteroatoms. The number of sulfone groups is 1. The number of hydrogen-bond donors (Lipinski definition) is 1. The third kappa shape index (κ3) is 4.60. The molecule has 170 valence electrons. The van der Waals surface area contributed by atoms with Crippen LogP contribution in [0, 0.1) is 0 Å². The molecule has 32 heavy (non-hydrogen) atoms. The van der Waals surface area contributed by atoms with Crippen LogP contribution in [-0.2, 0) is 26.9 Å². The molecule has 0 bridgehead atoms. The Balaban J connectivity index is 1.98. The minimum Gasteiger partial charge on any atom is -0.497 e. The monoisotopic (exact) mass is 479 g/mol. The molecular weight excluding hydrogens is 458 g/mol. The van der Waals surface area contributed by atoms with Crippen LogP contribution in [0.25, 0.3) is 11.4 Å². The van der Waals surface area contributed by atoms with Crippen molar-refractivity contribution in [2.24, 2.45) is 7.05 Å². The molecule has 0 aliphatic carbocycles. The van der Waals surface area contributed by atoms with E-state index in [-0.39, 0.29) is 38.4 Å². The van der Waals surface area contributed by atoms with E-state index in [4.69, 9.17) is 9.47 Å². The highest BCUT2D eigenvalue weighted by Crippen LogP contribution is 2.29. The fraction of sp³-hybridized carbons (Fsp3) is 0.200. The molecule has 0 unspecified atom stereocenters. The Morgan fingerprint density at radius 3 is 2.31 bits per heavy atom. The number of sulfonamides is 1. The van der Waals surface area contributed by atoms with Crippen LogP contribution in [0.15, 0.2) is 58.5 Å². The van der Waals surface area contributed by atoms with Crippen LogP contribution in [0.1, 0.15) is 10.5 Å². The molecule has 0 atom stereocenters. The van der Waals surface area contributed by atoms with Crippen molar-refractivity contribution in [1.82, 2.24) is 14.3 Å². The van der Waals surface area contributed by atoms with Crippen molar-refractivity contribution in [1.29, 1.82) is 0 Å². The second-order valence-corrected chi connectivity index (χ2v) is 10.4. The summed E-state index contributed by atoms with van der Waals surface area (Å²) in [6.07, 6.45) is 2.37. The maximum atomic E-state index is 12.8. The molecule has 3 rings (SSSR count). The minimum atomic E-state index is -4.33. The second kappa shape index (κ2) is 8.63. The highest BCUT2D eigenvalue weighted by atomic mass is 32.2. The molecule has 1 amide bonds. The van der Waals surface area contributed by atoms with E-state index in [2.05, 4.69) is 4.98 Å². The first-order valence-electron chi connectivity index (χ1n) is 9.10. The molecule has 10 nitrogen and oxygen atoms in total. The fourth-order valence-corrected chi connectivity index (χ4v) is 5.05. The summed E-state index contributed by atoms with van der Waals surface area (Å²) in [5.41, 5.74) is 0.0742. The number of ether oxygens (including phenoxy) is 2. The first-order chi connectivity index (χ1) is 15.0. The minimum absolute atomic E-state index is 0.0230. The van der Waals surface area contributed by atoms with Gasteiger partial charge in [-0.1, -0.05) is 12.1 Å². The quantitative estimate of drug-likeness (QED) is 0.540. The number of amides is 1. The lowest BCUT2D eigenvalue weighted by Gasteiger charge is -2.11. The Hall–Kier alpha value is -3.38. The molecule has 0 radical (unpaired) electrons. The van der Waals surface area contributed by atoms with Crippen LogP contribution in [0.4, 0.5) is 0 Å². The van der Waals surface area contributed by atoms with Gasteiger partial charge in [-0.2, -0.15) is 0 Å². The molecule has 1 aromatic heterocycles. The summed E-state index contributed by atoms with van der Waals surface area (Å²) in [5.74, 6) is -0.521. The lowest BCUT2D eigenvalue weighted by Crippen LogP contribution is -2.31. The van der Waals surface area contributed by atoms with Crippen molar-refractivity contribution < 1.29 is 31.1 Å². The largest absolute Gasteiger partial charge is 0.497 e. The Bertz CT molecular complexity index is 1390. The van der Waals surface area contributed by atoms with Crippen LogP contribution in [0.3, 0.4) is 0 Å². The van der Waals surface area contributed by atoms with E-state index in [1.807, 2.05) is 4.72 Å². The number of carbonyl (C=O) groups is 1. The highest BCUT2D eigenvalue weighted by molar-refractivity contribution is 7.91. The lowest BCUT2D eigenvalue weighted by atomic mass is 10.2. The smallest absolute Gasteiger partial charge is 0.285 e. The number of imidazole rings is 1. The average Bonchev–Trinajstić information content (AvgIpc) is 3.14. The molecule has 3 aromatic rings. The highest BCUT2D eigenvalue weighted by Gasteiger charge is 2.26. The molecule has 0 saturated heterocycles. The SMILES string of the molecule is COc1ccc(OC)c(S(=O)(=O)NC(=O)c2cn(C)c(-c3ccccc3S(C)(=O)=O)n2)c1. The molecule has 0 saturated carbocycles. The van der Waals surface area contributed by atoms with Gasteiger partial charge >= 0.3 is 0 Å². The number of methoxy groups -OCH3 is 2. The van der Waals surface area contributed by atoms with Crippen molar-refractivity contribution in [2.75, 3.05) is 20.5 Å². The summed E-state index contributed by atoms with van der Waals surface area (Å²) in [6, 6.07) is 10.3. The van der Waals surface area contributed by atoms with E-state index in [9.17, 15) is 21.6 Å². The number of carbonyl (C=O) groups excluding carboxylic acids is 1. The number of aromatic nitrogens is 2. The number of rotatable bonds is 7. The predicted octanol–water partition coefficient (Wildman–Crippen LogP) is 1.63. The van der Waals surface area contributed by atoms with Crippen LogP contribution in [-0.4, -0.2) is 52.8 Å². The number of aryl methyl sites for hydroxylation is 1. The van der Waals surface area contributed by atoms with Gasteiger partial charge in [-0.25, -0.2) is 26.5 Å². The van der Waals surface area contributed by atoms with Crippen molar-refractivity contribution >= 4 is 25.8 Å². The van der Waals surface area contributed by atoms with E-state index in [0.29, 0.717) is 0 Å². The Morgan fingerprint density at radius 2 is 1.69 bits per heavy atom. The van der Waals surface area contributed by atoms with E-state index < -0.39 is 25.8 Å². The van der Waals surface area contributed by atoms with E-state index >= 15 is 0 Å². The average molecular weight is 480 g/mol. The Morgan fingerprint density at radius 1 is 1.00 bits per heavy atom. The number of nitrogens with zero attached hydrogens (tertiary/aromatic N) is 2. The summed E-state index contributed by atoms with van der Waals surface area (Å²) >= 11 is 0. The number of hydrogen-bond acceptors (Lipinski definition) is 8.